The maximum atomic E-state index is 10.5. The van der Waals surface area contributed by atoms with E-state index in [0.717, 1.165) is 12.8 Å². The van der Waals surface area contributed by atoms with Crippen molar-refractivity contribution in [3.63, 3.8) is 0 Å². The second-order valence-electron chi connectivity index (χ2n) is 3.49. The predicted molar refractivity (Wildman–Crippen MR) is 35.6 cm³/mol. The van der Waals surface area contributed by atoms with Crippen molar-refractivity contribution in [3.8, 4) is 0 Å². The number of rotatable bonds is 2. The van der Waals surface area contributed by atoms with Crippen molar-refractivity contribution in [2.75, 3.05) is 0 Å². The first-order chi connectivity index (χ1) is 5.20. The van der Waals surface area contributed by atoms with E-state index < -0.39 is 5.97 Å². The Morgan fingerprint density at radius 3 is 2.73 bits per heavy atom. The molecule has 11 heavy (non-hydrogen) atoms. The van der Waals surface area contributed by atoms with E-state index in [0.29, 0.717) is 6.10 Å². The van der Waals surface area contributed by atoms with Gasteiger partial charge in [0.05, 0.1) is 12.2 Å². The van der Waals surface area contributed by atoms with Crippen molar-refractivity contribution in [1.82, 2.24) is 0 Å². The highest BCUT2D eigenvalue weighted by Gasteiger charge is 2.51. The molecular formula is C8H11O3-. The van der Waals surface area contributed by atoms with Crippen LogP contribution in [0.1, 0.15) is 19.8 Å². The zero-order valence-corrected chi connectivity index (χ0v) is 6.45. The smallest absolute Gasteiger partial charge is 0.0876 e. The topological polar surface area (TPSA) is 52.7 Å². The molecule has 1 unspecified atom stereocenters. The van der Waals surface area contributed by atoms with E-state index >= 15 is 0 Å². The number of epoxide rings is 1. The molecule has 3 nitrogen and oxygen atoms in total. The number of fused-ring (bicyclic) bond motifs is 1. The third kappa shape index (κ3) is 1.03. The molecule has 2 aliphatic rings. The van der Waals surface area contributed by atoms with Crippen molar-refractivity contribution in [1.29, 1.82) is 0 Å². The first-order valence-electron chi connectivity index (χ1n) is 4.06. The maximum Gasteiger partial charge on any atom is 0.0876 e. The van der Waals surface area contributed by atoms with E-state index in [1.54, 1.807) is 6.92 Å². The lowest BCUT2D eigenvalue weighted by Gasteiger charge is -2.19. The number of ether oxygens (including phenoxy) is 1. The van der Waals surface area contributed by atoms with Crippen LogP contribution in [0.5, 0.6) is 0 Å². The van der Waals surface area contributed by atoms with Crippen LogP contribution in [0.2, 0.25) is 0 Å². The highest BCUT2D eigenvalue weighted by Crippen LogP contribution is 2.46. The standard InChI is InChI=1S/C8H12O3/c1-4(8(9)10)5-2-3-6-7(5)11-6/h4-7H,2-3H2,1H3,(H,9,10)/p-1/t4-,5?,6-,7+/m0/s1. The Kier molecular flexibility index (Phi) is 1.42. The van der Waals surface area contributed by atoms with Crippen LogP contribution < -0.4 is 5.11 Å². The number of hydrogen-bond donors (Lipinski definition) is 0. The molecule has 0 N–H and O–H groups in total. The average Bonchev–Trinajstić information content (AvgIpc) is 2.62. The fraction of sp³-hybridized carbons (Fsp3) is 0.875. The fourth-order valence-corrected chi connectivity index (χ4v) is 2.00. The van der Waals surface area contributed by atoms with E-state index in [-0.39, 0.29) is 17.9 Å². The summed E-state index contributed by atoms with van der Waals surface area (Å²) in [6.45, 7) is 1.71. The monoisotopic (exact) mass is 155 g/mol. The third-order valence-corrected chi connectivity index (χ3v) is 2.84. The second-order valence-corrected chi connectivity index (χ2v) is 3.49. The first kappa shape index (κ1) is 7.10. The predicted octanol–water partition coefficient (Wildman–Crippen LogP) is -0.450. The molecule has 3 heteroatoms. The molecule has 0 radical (unpaired) electrons. The number of carbonyl (C=O) groups excluding carboxylic acids is 1. The van der Waals surface area contributed by atoms with Gasteiger partial charge in [-0.1, -0.05) is 6.92 Å². The first-order valence-corrected chi connectivity index (χ1v) is 4.06. The van der Waals surface area contributed by atoms with Gasteiger partial charge in [0.2, 0.25) is 0 Å². The van der Waals surface area contributed by atoms with Gasteiger partial charge in [-0.15, -0.1) is 0 Å². The van der Waals surface area contributed by atoms with Gasteiger partial charge in [0.1, 0.15) is 0 Å². The molecule has 62 valence electrons. The van der Waals surface area contributed by atoms with Gasteiger partial charge in [-0.05, 0) is 18.8 Å². The molecule has 2 rings (SSSR count). The molecule has 1 aliphatic heterocycles. The summed E-state index contributed by atoms with van der Waals surface area (Å²) in [5.74, 6) is -1.07. The largest absolute Gasteiger partial charge is 0.550 e. The Balaban J connectivity index is 1.99. The second kappa shape index (κ2) is 2.21. The van der Waals surface area contributed by atoms with E-state index in [4.69, 9.17) is 4.74 Å². The summed E-state index contributed by atoms with van der Waals surface area (Å²) in [7, 11) is 0. The van der Waals surface area contributed by atoms with Crippen LogP contribution in [-0.4, -0.2) is 18.2 Å². The summed E-state index contributed by atoms with van der Waals surface area (Å²) in [6, 6.07) is 0. The Hall–Kier alpha value is -0.570. The molecule has 2 fully saturated rings. The number of aliphatic carboxylic acids is 1. The molecule has 1 saturated heterocycles. The van der Waals surface area contributed by atoms with E-state index in [1.165, 1.54) is 0 Å². The molecular weight excluding hydrogens is 144 g/mol. The van der Waals surface area contributed by atoms with Crippen molar-refractivity contribution in [2.24, 2.45) is 11.8 Å². The van der Waals surface area contributed by atoms with Gasteiger partial charge in [-0.3, -0.25) is 0 Å². The van der Waals surface area contributed by atoms with E-state index in [1.807, 2.05) is 0 Å². The molecule has 0 aromatic rings. The Labute approximate surface area is 65.4 Å². The summed E-state index contributed by atoms with van der Waals surface area (Å²) in [6.07, 6.45) is 2.64. The van der Waals surface area contributed by atoms with E-state index in [2.05, 4.69) is 0 Å². The summed E-state index contributed by atoms with van der Waals surface area (Å²) >= 11 is 0. The highest BCUT2D eigenvalue weighted by molar-refractivity contribution is 5.67. The zero-order valence-electron chi connectivity index (χ0n) is 6.45. The molecule has 4 atom stereocenters. The van der Waals surface area contributed by atoms with Crippen LogP contribution in [0, 0.1) is 11.8 Å². The quantitative estimate of drug-likeness (QED) is 0.507. The van der Waals surface area contributed by atoms with Crippen molar-refractivity contribution < 1.29 is 14.6 Å². The van der Waals surface area contributed by atoms with Gasteiger partial charge in [0, 0.05) is 11.9 Å². The lowest BCUT2D eigenvalue weighted by atomic mass is 9.92. The molecule has 0 aromatic carbocycles. The summed E-state index contributed by atoms with van der Waals surface area (Å²) in [5.41, 5.74) is 0. The fourth-order valence-electron chi connectivity index (χ4n) is 2.00. The number of hydrogen-bond acceptors (Lipinski definition) is 3. The van der Waals surface area contributed by atoms with E-state index in [9.17, 15) is 9.90 Å². The molecule has 0 bridgehead atoms. The number of carboxylic acid groups (broad SMARTS) is 1. The van der Waals surface area contributed by atoms with Gasteiger partial charge >= 0.3 is 0 Å². The molecule has 0 spiro atoms. The molecule has 1 saturated carbocycles. The molecule has 0 aromatic heterocycles. The van der Waals surface area contributed by atoms with Gasteiger partial charge in [0.15, 0.2) is 0 Å². The van der Waals surface area contributed by atoms with Crippen LogP contribution in [0.3, 0.4) is 0 Å². The van der Waals surface area contributed by atoms with Crippen molar-refractivity contribution >= 4 is 5.97 Å². The van der Waals surface area contributed by atoms with Crippen LogP contribution in [0.4, 0.5) is 0 Å². The lowest BCUT2D eigenvalue weighted by molar-refractivity contribution is -0.312. The van der Waals surface area contributed by atoms with Crippen LogP contribution in [0.25, 0.3) is 0 Å². The highest BCUT2D eigenvalue weighted by atomic mass is 16.6. The Bertz CT molecular complexity index is 190. The van der Waals surface area contributed by atoms with Crippen LogP contribution >= 0.6 is 0 Å². The summed E-state index contributed by atoms with van der Waals surface area (Å²) in [4.78, 5) is 10.5. The van der Waals surface area contributed by atoms with Gasteiger partial charge in [-0.25, -0.2) is 0 Å². The van der Waals surface area contributed by atoms with Crippen LogP contribution in [0.15, 0.2) is 0 Å². The Morgan fingerprint density at radius 1 is 1.64 bits per heavy atom. The van der Waals surface area contributed by atoms with Gasteiger partial charge in [-0.2, -0.15) is 0 Å². The number of carbonyl (C=O) groups is 1. The summed E-state index contributed by atoms with van der Waals surface area (Å²) in [5, 5.41) is 10.5. The van der Waals surface area contributed by atoms with Crippen molar-refractivity contribution in [3.05, 3.63) is 0 Å². The lowest BCUT2D eigenvalue weighted by Crippen LogP contribution is -2.35. The minimum absolute atomic E-state index is 0.213. The molecule has 0 amide bonds. The van der Waals surface area contributed by atoms with Crippen LogP contribution in [-0.2, 0) is 9.53 Å². The minimum Gasteiger partial charge on any atom is -0.550 e. The third-order valence-electron chi connectivity index (χ3n) is 2.84. The average molecular weight is 155 g/mol. The molecule has 1 heterocycles. The molecule has 1 aliphatic carbocycles. The maximum absolute atomic E-state index is 10.5. The SMILES string of the molecule is C[C@H](C(=O)[O-])C1CC[C@@H]2O[C@H]12. The Morgan fingerprint density at radius 2 is 2.36 bits per heavy atom. The van der Waals surface area contributed by atoms with Gasteiger partial charge < -0.3 is 14.6 Å². The number of carboxylic acids is 1. The zero-order chi connectivity index (χ0) is 8.01. The summed E-state index contributed by atoms with van der Waals surface area (Å²) < 4.78 is 5.25. The van der Waals surface area contributed by atoms with Crippen molar-refractivity contribution in [2.45, 2.75) is 32.0 Å². The minimum atomic E-state index is -0.939. The normalized spacial score (nSPS) is 43.2. The van der Waals surface area contributed by atoms with Gasteiger partial charge in [0.25, 0.3) is 0 Å².